The Hall–Kier alpha value is -0.680. The van der Waals surface area contributed by atoms with Crippen molar-refractivity contribution in [2.45, 2.75) is 12.5 Å². The molecule has 2 rings (SSSR count). The molecule has 2 N–H and O–H groups in total. The minimum absolute atomic E-state index is 0.260. The van der Waals surface area contributed by atoms with Gasteiger partial charge < -0.3 is 5.73 Å². The average molecular weight is 339 g/mol. The van der Waals surface area contributed by atoms with Crippen LogP contribution in [0.4, 0.5) is 0 Å². The van der Waals surface area contributed by atoms with Crippen LogP contribution in [0.1, 0.15) is 16.5 Å². The molecule has 102 valence electrons. The summed E-state index contributed by atoms with van der Waals surface area (Å²) in [5, 5.41) is 2.13. The third-order valence-corrected chi connectivity index (χ3v) is 4.97. The van der Waals surface area contributed by atoms with E-state index in [-0.39, 0.29) is 6.04 Å². The van der Waals surface area contributed by atoms with Crippen molar-refractivity contribution in [2.75, 3.05) is 20.1 Å². The summed E-state index contributed by atoms with van der Waals surface area (Å²) in [4.78, 5) is 3.76. The molecular formula is C15H19BrN2S. The number of nitrogens with zero attached hydrogens (tertiary/aromatic N) is 1. The zero-order valence-electron chi connectivity index (χ0n) is 11.1. The topological polar surface area (TPSA) is 29.3 Å². The van der Waals surface area contributed by atoms with Crippen LogP contribution in [0.2, 0.25) is 0 Å². The van der Waals surface area contributed by atoms with E-state index in [9.17, 15) is 0 Å². The number of rotatable bonds is 6. The number of benzene rings is 1. The van der Waals surface area contributed by atoms with Crippen molar-refractivity contribution in [1.82, 2.24) is 4.90 Å². The SMILES string of the molecule is CN(CCc1cccs1)C(CN)c1ccccc1Br. The Morgan fingerprint density at radius 1 is 1.26 bits per heavy atom. The van der Waals surface area contributed by atoms with Crippen molar-refractivity contribution in [3.63, 3.8) is 0 Å². The lowest BCUT2D eigenvalue weighted by Gasteiger charge is -2.28. The minimum Gasteiger partial charge on any atom is -0.329 e. The molecule has 1 heterocycles. The Morgan fingerprint density at radius 2 is 2.05 bits per heavy atom. The summed E-state index contributed by atoms with van der Waals surface area (Å²) >= 11 is 5.43. The second-order valence-electron chi connectivity index (χ2n) is 4.58. The fraction of sp³-hybridized carbons (Fsp3) is 0.333. The van der Waals surface area contributed by atoms with Crippen LogP contribution in [0.3, 0.4) is 0 Å². The molecule has 0 saturated carbocycles. The summed E-state index contributed by atoms with van der Waals surface area (Å²) in [5.41, 5.74) is 7.23. The molecule has 0 spiro atoms. The summed E-state index contributed by atoms with van der Waals surface area (Å²) in [6, 6.07) is 12.9. The molecule has 0 aliphatic heterocycles. The van der Waals surface area contributed by atoms with Gasteiger partial charge in [0.15, 0.2) is 0 Å². The number of thiophene rings is 1. The van der Waals surface area contributed by atoms with Gasteiger partial charge in [0, 0.05) is 28.5 Å². The molecule has 0 amide bonds. The lowest BCUT2D eigenvalue weighted by Crippen LogP contribution is -2.32. The Labute approximate surface area is 127 Å². The molecule has 0 radical (unpaired) electrons. The van der Waals surface area contributed by atoms with Crippen LogP contribution >= 0.6 is 27.3 Å². The molecule has 19 heavy (non-hydrogen) atoms. The van der Waals surface area contributed by atoms with E-state index in [1.165, 1.54) is 10.4 Å². The van der Waals surface area contributed by atoms with Gasteiger partial charge in [-0.3, -0.25) is 4.90 Å². The number of hydrogen-bond donors (Lipinski definition) is 1. The fourth-order valence-corrected chi connectivity index (χ4v) is 3.43. The third-order valence-electron chi connectivity index (χ3n) is 3.31. The molecule has 1 aromatic heterocycles. The number of likely N-dealkylation sites (N-methyl/N-ethyl adjacent to an activating group) is 1. The smallest absolute Gasteiger partial charge is 0.0478 e. The zero-order valence-corrected chi connectivity index (χ0v) is 13.5. The predicted molar refractivity (Wildman–Crippen MR) is 86.6 cm³/mol. The monoisotopic (exact) mass is 338 g/mol. The maximum Gasteiger partial charge on any atom is 0.0478 e. The zero-order chi connectivity index (χ0) is 13.7. The molecule has 2 aromatic rings. The largest absolute Gasteiger partial charge is 0.329 e. The molecule has 0 aliphatic carbocycles. The van der Waals surface area contributed by atoms with E-state index in [1.807, 2.05) is 17.4 Å². The van der Waals surface area contributed by atoms with Gasteiger partial charge >= 0.3 is 0 Å². The molecule has 1 aromatic carbocycles. The van der Waals surface area contributed by atoms with Crippen LogP contribution in [0, 0.1) is 0 Å². The van der Waals surface area contributed by atoms with Gasteiger partial charge in [0.1, 0.15) is 0 Å². The lowest BCUT2D eigenvalue weighted by molar-refractivity contribution is 0.253. The molecule has 0 fully saturated rings. The first-order valence-electron chi connectivity index (χ1n) is 6.39. The van der Waals surface area contributed by atoms with Crippen molar-refractivity contribution >= 4 is 27.3 Å². The highest BCUT2D eigenvalue weighted by Gasteiger charge is 2.17. The summed E-state index contributed by atoms with van der Waals surface area (Å²) in [5.74, 6) is 0. The number of halogens is 1. The highest BCUT2D eigenvalue weighted by atomic mass is 79.9. The first kappa shape index (κ1) is 14.7. The highest BCUT2D eigenvalue weighted by Crippen LogP contribution is 2.26. The van der Waals surface area contributed by atoms with E-state index in [0.717, 1.165) is 17.4 Å². The van der Waals surface area contributed by atoms with Crippen LogP contribution in [-0.2, 0) is 6.42 Å². The standard InChI is InChI=1S/C15H19BrN2S/c1-18(9-8-12-5-4-10-19-12)15(11-17)13-6-2-3-7-14(13)16/h2-7,10,15H,8-9,11,17H2,1H3. The second-order valence-corrected chi connectivity index (χ2v) is 6.47. The quantitative estimate of drug-likeness (QED) is 0.870. The van der Waals surface area contributed by atoms with Crippen LogP contribution < -0.4 is 5.73 Å². The molecular weight excluding hydrogens is 320 g/mol. The molecule has 2 nitrogen and oxygen atoms in total. The van der Waals surface area contributed by atoms with Crippen LogP contribution in [0.15, 0.2) is 46.3 Å². The number of hydrogen-bond acceptors (Lipinski definition) is 3. The molecule has 4 heteroatoms. The van der Waals surface area contributed by atoms with Gasteiger partial charge in [0.05, 0.1) is 0 Å². The highest BCUT2D eigenvalue weighted by molar-refractivity contribution is 9.10. The van der Waals surface area contributed by atoms with E-state index >= 15 is 0 Å². The molecule has 0 bridgehead atoms. The van der Waals surface area contributed by atoms with Crippen molar-refractivity contribution in [1.29, 1.82) is 0 Å². The first-order chi connectivity index (χ1) is 9.22. The van der Waals surface area contributed by atoms with Crippen LogP contribution in [-0.4, -0.2) is 25.0 Å². The first-order valence-corrected chi connectivity index (χ1v) is 8.06. The van der Waals surface area contributed by atoms with Crippen molar-refractivity contribution in [3.8, 4) is 0 Å². The maximum atomic E-state index is 5.96. The average Bonchev–Trinajstić information content (AvgIpc) is 2.92. The van der Waals surface area contributed by atoms with E-state index < -0.39 is 0 Å². The third kappa shape index (κ3) is 3.89. The van der Waals surface area contributed by atoms with E-state index in [4.69, 9.17) is 5.73 Å². The molecule has 0 aliphatic rings. The molecule has 0 saturated heterocycles. The summed E-state index contributed by atoms with van der Waals surface area (Å²) in [6.45, 7) is 1.65. The normalized spacial score (nSPS) is 12.8. The maximum absolute atomic E-state index is 5.96. The van der Waals surface area contributed by atoms with E-state index in [2.05, 4.69) is 63.6 Å². The Bertz CT molecular complexity index is 499. The second kappa shape index (κ2) is 7.20. The summed E-state index contributed by atoms with van der Waals surface area (Å²) in [7, 11) is 2.14. The van der Waals surface area contributed by atoms with E-state index in [1.54, 1.807) is 0 Å². The van der Waals surface area contributed by atoms with Crippen LogP contribution in [0.25, 0.3) is 0 Å². The minimum atomic E-state index is 0.260. The lowest BCUT2D eigenvalue weighted by atomic mass is 10.1. The van der Waals surface area contributed by atoms with Crippen LogP contribution in [0.5, 0.6) is 0 Å². The van der Waals surface area contributed by atoms with Gasteiger partial charge in [-0.05, 0) is 36.5 Å². The Balaban J connectivity index is 2.03. The van der Waals surface area contributed by atoms with Crippen molar-refractivity contribution in [2.24, 2.45) is 5.73 Å². The van der Waals surface area contributed by atoms with Crippen molar-refractivity contribution < 1.29 is 0 Å². The van der Waals surface area contributed by atoms with Gasteiger partial charge in [0.2, 0.25) is 0 Å². The molecule has 1 unspecified atom stereocenters. The number of nitrogens with two attached hydrogens (primary N) is 1. The fourth-order valence-electron chi connectivity index (χ4n) is 2.19. The van der Waals surface area contributed by atoms with Gasteiger partial charge in [-0.25, -0.2) is 0 Å². The van der Waals surface area contributed by atoms with Gasteiger partial charge in [-0.1, -0.05) is 40.2 Å². The van der Waals surface area contributed by atoms with E-state index in [0.29, 0.717) is 6.54 Å². The van der Waals surface area contributed by atoms with Gasteiger partial charge in [-0.2, -0.15) is 0 Å². The van der Waals surface area contributed by atoms with Gasteiger partial charge in [0.25, 0.3) is 0 Å². The Kier molecular flexibility index (Phi) is 5.58. The van der Waals surface area contributed by atoms with Crippen molar-refractivity contribution in [3.05, 3.63) is 56.7 Å². The predicted octanol–water partition coefficient (Wildman–Crippen LogP) is 3.68. The molecule has 1 atom stereocenters. The van der Waals surface area contributed by atoms with Gasteiger partial charge in [-0.15, -0.1) is 11.3 Å². The summed E-state index contributed by atoms with van der Waals surface area (Å²) < 4.78 is 1.13. The summed E-state index contributed by atoms with van der Waals surface area (Å²) in [6.07, 6.45) is 1.08. The Morgan fingerprint density at radius 3 is 2.68 bits per heavy atom.